The van der Waals surface area contributed by atoms with E-state index in [2.05, 4.69) is 105 Å². The van der Waals surface area contributed by atoms with Crippen LogP contribution < -0.4 is 5.19 Å². The van der Waals surface area contributed by atoms with Gasteiger partial charge in [0.15, 0.2) is 5.78 Å². The number of nitrogens with zero attached hydrogens (tertiary/aromatic N) is 3. The van der Waals surface area contributed by atoms with Crippen LogP contribution in [0.2, 0.25) is 19.6 Å². The molecule has 0 atom stereocenters. The van der Waals surface area contributed by atoms with Gasteiger partial charge < -0.3 is 9.52 Å². The molecule has 0 amide bonds. The number of allylic oxidation sites excluding steroid dienone is 2. The summed E-state index contributed by atoms with van der Waals surface area (Å²) in [6.07, 6.45) is 6.78. The maximum Gasteiger partial charge on any atom is 0.162 e. The van der Waals surface area contributed by atoms with Gasteiger partial charge in [-0.2, -0.15) is 0 Å². The molecule has 0 unspecified atom stereocenters. The van der Waals surface area contributed by atoms with Gasteiger partial charge in [-0.1, -0.05) is 115 Å². The molecule has 0 aliphatic carbocycles. The maximum absolute atomic E-state index is 11.7. The zero-order chi connectivity index (χ0) is 37.1. The summed E-state index contributed by atoms with van der Waals surface area (Å²) in [7, 11) is -1.61. The van der Waals surface area contributed by atoms with E-state index in [1.54, 1.807) is 11.3 Å². The molecule has 3 aromatic carbocycles. The van der Waals surface area contributed by atoms with Gasteiger partial charge in [-0.25, -0.2) is 0 Å². The molecular formula is C43H52IrN3O3SSi-. The molecule has 0 saturated heterocycles. The van der Waals surface area contributed by atoms with Gasteiger partial charge in [0.1, 0.15) is 21.2 Å². The summed E-state index contributed by atoms with van der Waals surface area (Å²) in [6.45, 7) is 21.7. The Morgan fingerprint density at radius 1 is 0.904 bits per heavy atom. The van der Waals surface area contributed by atoms with Gasteiger partial charge in [0.05, 0.1) is 13.8 Å². The fraction of sp³-hybridized carbons (Fsp3) is 0.395. The van der Waals surface area contributed by atoms with Crippen LogP contribution in [0.5, 0.6) is 0 Å². The molecule has 3 heterocycles. The van der Waals surface area contributed by atoms with E-state index in [0.717, 1.165) is 79.8 Å². The predicted octanol–water partition coefficient (Wildman–Crippen LogP) is 11.8. The number of pyridine rings is 1. The summed E-state index contributed by atoms with van der Waals surface area (Å²) in [5, 5.41) is 26.5. The molecule has 9 heteroatoms. The summed E-state index contributed by atoms with van der Waals surface area (Å²) in [5.74, 6) is 0.547. The molecule has 0 saturated carbocycles. The van der Waals surface area contributed by atoms with Gasteiger partial charge in [0.2, 0.25) is 0 Å². The van der Waals surface area contributed by atoms with Gasteiger partial charge in [0, 0.05) is 71.7 Å². The van der Waals surface area contributed by atoms with Crippen molar-refractivity contribution in [3.05, 3.63) is 83.7 Å². The summed E-state index contributed by atoms with van der Waals surface area (Å²) < 4.78 is 6.50. The van der Waals surface area contributed by atoms with Gasteiger partial charge in [-0.15, -0.1) is 39.0 Å². The summed E-state index contributed by atoms with van der Waals surface area (Å²) in [4.78, 5) is 16.5. The van der Waals surface area contributed by atoms with Crippen molar-refractivity contribution in [3.63, 3.8) is 0 Å². The number of furan rings is 1. The number of fused-ring (bicyclic) bond motifs is 4. The molecular weight excluding hydrogens is 859 g/mol. The number of aliphatic hydroxyl groups excluding tert-OH is 1. The van der Waals surface area contributed by atoms with Crippen molar-refractivity contribution in [1.82, 2.24) is 15.2 Å². The summed E-state index contributed by atoms with van der Waals surface area (Å²) >= 11 is 1.64. The Morgan fingerprint density at radius 2 is 1.58 bits per heavy atom. The molecule has 0 fully saturated rings. The molecule has 6 aromatic rings. The number of ketones is 1. The molecule has 0 bridgehead atoms. The Bertz CT molecular complexity index is 2180. The van der Waals surface area contributed by atoms with Gasteiger partial charge in [-0.05, 0) is 43.9 Å². The van der Waals surface area contributed by atoms with E-state index in [1.807, 2.05) is 40.0 Å². The van der Waals surface area contributed by atoms with Crippen molar-refractivity contribution in [3.8, 4) is 21.8 Å². The smallest absolute Gasteiger partial charge is 0.162 e. The molecule has 6 nitrogen and oxygen atoms in total. The van der Waals surface area contributed by atoms with Crippen molar-refractivity contribution < 1.29 is 34.4 Å². The predicted molar refractivity (Wildman–Crippen MR) is 218 cm³/mol. The Kier molecular flexibility index (Phi) is 13.6. The third kappa shape index (κ3) is 8.99. The van der Waals surface area contributed by atoms with Crippen LogP contribution in [-0.2, 0) is 30.3 Å². The normalized spacial score (nSPS) is 12.4. The number of benzene rings is 3. The summed E-state index contributed by atoms with van der Waals surface area (Å²) in [5.41, 5.74) is 4.44. The minimum Gasteiger partial charge on any atom is -0.512 e. The van der Waals surface area contributed by atoms with Crippen LogP contribution in [0.1, 0.15) is 79.2 Å². The SMILES string of the molecule is CC(C)(C)c1nnc(-c2ccc3c(c2)oc2c(-c4[c-]c5ccccc5c([Si](C)(C)C)c4)nccc23)s1.CCC(CC)C(=O)/C=C(\O)C(CC)CC.[Ir]. The molecule has 3 aromatic heterocycles. The quantitative estimate of drug-likeness (QED) is 0.0637. The largest absolute Gasteiger partial charge is 0.512 e. The van der Waals surface area contributed by atoms with E-state index in [1.165, 1.54) is 16.6 Å². The van der Waals surface area contributed by atoms with E-state index in [9.17, 15) is 9.90 Å². The number of carbonyl (C=O) groups excluding carboxylic acids is 1. The minimum absolute atomic E-state index is 0. The first-order valence-corrected chi connectivity index (χ1v) is 22.6. The van der Waals surface area contributed by atoms with Gasteiger partial charge in [0.25, 0.3) is 0 Å². The van der Waals surface area contributed by atoms with E-state index >= 15 is 0 Å². The number of rotatable bonds is 10. The van der Waals surface area contributed by atoms with Crippen LogP contribution in [0, 0.1) is 17.9 Å². The fourth-order valence-electron chi connectivity index (χ4n) is 6.43. The third-order valence-corrected chi connectivity index (χ3v) is 13.1. The number of hydrogen-bond donors (Lipinski definition) is 1. The van der Waals surface area contributed by atoms with Crippen LogP contribution in [0.25, 0.3) is 54.5 Å². The Hall–Kier alpha value is -3.49. The van der Waals surface area contributed by atoms with Crippen molar-refractivity contribution in [2.75, 3.05) is 0 Å². The van der Waals surface area contributed by atoms with Crippen LogP contribution in [0.4, 0.5) is 0 Å². The van der Waals surface area contributed by atoms with Crippen LogP contribution in [-0.4, -0.2) is 34.1 Å². The first kappa shape index (κ1) is 41.3. The average molecular weight is 911 g/mol. The fourth-order valence-corrected chi connectivity index (χ4v) is 8.93. The minimum atomic E-state index is -1.61. The van der Waals surface area contributed by atoms with Gasteiger partial charge in [-0.3, -0.25) is 9.78 Å². The van der Waals surface area contributed by atoms with Gasteiger partial charge >= 0.3 is 0 Å². The Balaban J connectivity index is 0.000000323. The molecule has 277 valence electrons. The molecule has 0 aliphatic heterocycles. The Morgan fingerprint density at radius 3 is 2.19 bits per heavy atom. The molecule has 52 heavy (non-hydrogen) atoms. The second kappa shape index (κ2) is 17.1. The monoisotopic (exact) mass is 911 g/mol. The standard InChI is InChI=1S/C30H28N3OSSi.C13H24O2.Ir/c1-30(2,3)29-33-32-28(35-29)19-11-12-22-23-13-14-31-26(27(23)34-24(22)16-19)20-15-18-9-7-8-10-21(18)25(17-20)36(4,5)6;1-5-10(6-2)12(14)9-13(15)11(7-3)8-4;/h7-14,16-17H,1-6H3;9-11,14H,5-8H2,1-4H3;/q-1;;/b;12-9-;. The van der Waals surface area contributed by atoms with Crippen molar-refractivity contribution in [2.45, 2.75) is 99.2 Å². The first-order chi connectivity index (χ1) is 24.2. The zero-order valence-electron chi connectivity index (χ0n) is 32.2. The number of carbonyl (C=O) groups is 1. The van der Waals surface area contributed by atoms with Crippen LogP contribution >= 0.6 is 11.3 Å². The van der Waals surface area contributed by atoms with E-state index < -0.39 is 8.07 Å². The van der Waals surface area contributed by atoms with E-state index in [-0.39, 0.29) is 48.9 Å². The van der Waals surface area contributed by atoms with Crippen molar-refractivity contribution in [1.29, 1.82) is 0 Å². The topological polar surface area (TPSA) is 89.1 Å². The second-order valence-electron chi connectivity index (χ2n) is 15.4. The van der Waals surface area contributed by atoms with Crippen molar-refractivity contribution >= 4 is 63.1 Å². The van der Waals surface area contributed by atoms with Crippen LogP contribution in [0.3, 0.4) is 0 Å². The number of aromatic nitrogens is 3. The average Bonchev–Trinajstić information content (AvgIpc) is 3.74. The first-order valence-electron chi connectivity index (χ1n) is 18.3. The van der Waals surface area contributed by atoms with E-state index in [0.29, 0.717) is 0 Å². The number of hydrogen-bond acceptors (Lipinski definition) is 7. The molecule has 0 spiro atoms. The maximum atomic E-state index is 11.7. The van der Waals surface area contributed by atoms with Crippen molar-refractivity contribution in [2.24, 2.45) is 11.8 Å². The zero-order valence-corrected chi connectivity index (χ0v) is 36.4. The molecule has 1 radical (unpaired) electrons. The van der Waals surface area contributed by atoms with Crippen LogP contribution in [0.15, 0.2) is 77.0 Å². The second-order valence-corrected chi connectivity index (χ2v) is 21.4. The summed E-state index contributed by atoms with van der Waals surface area (Å²) in [6, 6.07) is 22.8. The molecule has 0 aliphatic rings. The van der Waals surface area contributed by atoms with E-state index in [4.69, 9.17) is 9.40 Å². The molecule has 6 rings (SSSR count). The molecule has 1 N–H and O–H groups in total. The third-order valence-electron chi connectivity index (χ3n) is 9.62. The number of aliphatic hydroxyl groups is 1. The Labute approximate surface area is 327 Å².